The fourth-order valence-corrected chi connectivity index (χ4v) is 3.55. The molecular formula is C21H21F2N3O. The van der Waals surface area contributed by atoms with Gasteiger partial charge in [-0.2, -0.15) is 0 Å². The van der Waals surface area contributed by atoms with Crippen molar-refractivity contribution in [1.29, 1.82) is 0 Å². The molecule has 0 bridgehead atoms. The van der Waals surface area contributed by atoms with E-state index in [1.807, 2.05) is 18.3 Å². The molecule has 3 aromatic rings. The van der Waals surface area contributed by atoms with Gasteiger partial charge in [0.2, 0.25) is 0 Å². The number of pyridine rings is 1. The van der Waals surface area contributed by atoms with Gasteiger partial charge in [0.05, 0.1) is 13.2 Å². The molecule has 0 aliphatic carbocycles. The molecule has 4 rings (SSSR count). The van der Waals surface area contributed by atoms with Crippen LogP contribution in [0.1, 0.15) is 11.1 Å². The Morgan fingerprint density at radius 1 is 1.11 bits per heavy atom. The topological polar surface area (TPSA) is 37.4 Å². The fourth-order valence-electron chi connectivity index (χ4n) is 3.55. The van der Waals surface area contributed by atoms with E-state index in [1.165, 1.54) is 12.1 Å². The third kappa shape index (κ3) is 3.91. The van der Waals surface area contributed by atoms with Crippen LogP contribution in [0, 0.1) is 18.6 Å². The maximum Gasteiger partial charge on any atom is 0.138 e. The average Bonchev–Trinajstić information content (AvgIpc) is 2.64. The number of nitrogens with zero attached hydrogens (tertiary/aromatic N) is 2. The van der Waals surface area contributed by atoms with Gasteiger partial charge in [0.25, 0.3) is 0 Å². The second-order valence-electron chi connectivity index (χ2n) is 6.80. The van der Waals surface area contributed by atoms with Crippen LogP contribution in [-0.2, 0) is 11.3 Å². The van der Waals surface area contributed by atoms with E-state index in [1.54, 1.807) is 0 Å². The number of aryl methyl sites for hydroxylation is 1. The van der Waals surface area contributed by atoms with Gasteiger partial charge >= 0.3 is 0 Å². The normalized spacial score (nSPS) is 15.2. The van der Waals surface area contributed by atoms with Crippen LogP contribution in [-0.4, -0.2) is 36.2 Å². The molecule has 1 N–H and O–H groups in total. The minimum Gasteiger partial charge on any atom is -0.379 e. The Kier molecular flexibility index (Phi) is 5.01. The SMILES string of the molecule is Cc1cccc2c(Nc3cc(F)cc(F)c3)ncc(CN3CCOCC3)c12. The van der Waals surface area contributed by atoms with E-state index < -0.39 is 11.6 Å². The Morgan fingerprint density at radius 2 is 1.85 bits per heavy atom. The molecule has 1 aliphatic heterocycles. The molecule has 6 heteroatoms. The molecule has 1 aliphatic rings. The Hall–Kier alpha value is -2.57. The van der Waals surface area contributed by atoms with Gasteiger partial charge in [-0.25, -0.2) is 13.8 Å². The van der Waals surface area contributed by atoms with Gasteiger partial charge in [0.15, 0.2) is 0 Å². The lowest BCUT2D eigenvalue weighted by Crippen LogP contribution is -2.35. The molecule has 1 fully saturated rings. The number of halogens is 2. The highest BCUT2D eigenvalue weighted by Crippen LogP contribution is 2.30. The summed E-state index contributed by atoms with van der Waals surface area (Å²) >= 11 is 0. The lowest BCUT2D eigenvalue weighted by Gasteiger charge is -2.27. The molecule has 0 atom stereocenters. The summed E-state index contributed by atoms with van der Waals surface area (Å²) in [5.41, 5.74) is 2.62. The Labute approximate surface area is 156 Å². The number of anilines is 2. The summed E-state index contributed by atoms with van der Waals surface area (Å²) in [5.74, 6) is -0.659. The predicted octanol–water partition coefficient (Wildman–Crippen LogP) is 4.40. The number of nitrogens with one attached hydrogen (secondary N) is 1. The first-order valence-electron chi connectivity index (χ1n) is 9.00. The molecule has 0 spiro atoms. The van der Waals surface area contributed by atoms with Crippen LogP contribution in [0.15, 0.2) is 42.6 Å². The molecule has 140 valence electrons. The van der Waals surface area contributed by atoms with Crippen molar-refractivity contribution in [3.63, 3.8) is 0 Å². The van der Waals surface area contributed by atoms with Crippen molar-refractivity contribution in [2.24, 2.45) is 0 Å². The summed E-state index contributed by atoms with van der Waals surface area (Å²) in [5, 5.41) is 5.12. The number of morpholine rings is 1. The third-order valence-corrected chi connectivity index (χ3v) is 4.82. The fraction of sp³-hybridized carbons (Fsp3) is 0.286. The van der Waals surface area contributed by atoms with Gasteiger partial charge in [0, 0.05) is 43.0 Å². The van der Waals surface area contributed by atoms with Gasteiger partial charge in [-0.1, -0.05) is 18.2 Å². The number of hydrogen-bond donors (Lipinski definition) is 1. The zero-order chi connectivity index (χ0) is 18.8. The van der Waals surface area contributed by atoms with E-state index in [9.17, 15) is 8.78 Å². The molecule has 2 heterocycles. The molecule has 4 nitrogen and oxygen atoms in total. The van der Waals surface area contributed by atoms with Crippen LogP contribution in [0.25, 0.3) is 10.8 Å². The minimum absolute atomic E-state index is 0.337. The second-order valence-corrected chi connectivity index (χ2v) is 6.80. The standard InChI is InChI=1S/C21H21F2N3O/c1-14-3-2-4-19-20(14)15(13-26-5-7-27-8-6-26)12-24-21(19)25-18-10-16(22)9-17(23)11-18/h2-4,9-12H,5-8,13H2,1H3,(H,24,25). The molecule has 1 aromatic heterocycles. The smallest absolute Gasteiger partial charge is 0.138 e. The molecule has 0 amide bonds. The summed E-state index contributed by atoms with van der Waals surface area (Å²) in [6.07, 6.45) is 1.85. The maximum atomic E-state index is 13.5. The van der Waals surface area contributed by atoms with Crippen molar-refractivity contribution < 1.29 is 13.5 Å². The van der Waals surface area contributed by atoms with Crippen LogP contribution >= 0.6 is 0 Å². The Morgan fingerprint density at radius 3 is 2.59 bits per heavy atom. The lowest BCUT2D eigenvalue weighted by atomic mass is 10.0. The number of hydrogen-bond acceptors (Lipinski definition) is 4. The Bertz CT molecular complexity index is 951. The number of ether oxygens (including phenoxy) is 1. The van der Waals surface area contributed by atoms with Crippen molar-refractivity contribution in [2.75, 3.05) is 31.6 Å². The average molecular weight is 369 g/mol. The maximum absolute atomic E-state index is 13.5. The van der Waals surface area contributed by atoms with E-state index >= 15 is 0 Å². The zero-order valence-corrected chi connectivity index (χ0v) is 15.1. The predicted molar refractivity (Wildman–Crippen MR) is 102 cm³/mol. The van der Waals surface area contributed by atoms with E-state index in [-0.39, 0.29) is 0 Å². The highest BCUT2D eigenvalue weighted by molar-refractivity contribution is 5.97. The highest BCUT2D eigenvalue weighted by Gasteiger charge is 2.15. The van der Waals surface area contributed by atoms with E-state index in [0.717, 1.165) is 60.8 Å². The summed E-state index contributed by atoms with van der Waals surface area (Å²) in [4.78, 5) is 6.90. The summed E-state index contributed by atoms with van der Waals surface area (Å²) in [6, 6.07) is 9.39. The van der Waals surface area contributed by atoms with E-state index in [0.29, 0.717) is 11.5 Å². The van der Waals surface area contributed by atoms with Gasteiger partial charge in [-0.15, -0.1) is 0 Å². The van der Waals surface area contributed by atoms with Gasteiger partial charge in [-0.05, 0) is 35.6 Å². The molecular weight excluding hydrogens is 348 g/mol. The van der Waals surface area contributed by atoms with Gasteiger partial charge in [0.1, 0.15) is 17.5 Å². The molecule has 2 aromatic carbocycles. The van der Waals surface area contributed by atoms with Crippen LogP contribution in [0.4, 0.5) is 20.3 Å². The number of fused-ring (bicyclic) bond motifs is 1. The third-order valence-electron chi connectivity index (χ3n) is 4.82. The highest BCUT2D eigenvalue weighted by atomic mass is 19.1. The monoisotopic (exact) mass is 369 g/mol. The van der Waals surface area contributed by atoms with Crippen LogP contribution in [0.5, 0.6) is 0 Å². The molecule has 1 saturated heterocycles. The van der Waals surface area contributed by atoms with Crippen molar-refractivity contribution in [1.82, 2.24) is 9.88 Å². The van der Waals surface area contributed by atoms with Crippen molar-refractivity contribution in [3.05, 3.63) is 65.4 Å². The van der Waals surface area contributed by atoms with Crippen molar-refractivity contribution in [2.45, 2.75) is 13.5 Å². The molecule has 0 radical (unpaired) electrons. The number of benzene rings is 2. The van der Waals surface area contributed by atoms with Crippen LogP contribution in [0.3, 0.4) is 0 Å². The largest absolute Gasteiger partial charge is 0.379 e. The summed E-state index contributed by atoms with van der Waals surface area (Å²) in [6.45, 7) is 6.15. The molecule has 27 heavy (non-hydrogen) atoms. The van der Waals surface area contributed by atoms with E-state index in [4.69, 9.17) is 4.74 Å². The van der Waals surface area contributed by atoms with Gasteiger partial charge in [-0.3, -0.25) is 4.90 Å². The van der Waals surface area contributed by atoms with Crippen molar-refractivity contribution in [3.8, 4) is 0 Å². The second kappa shape index (κ2) is 7.58. The van der Waals surface area contributed by atoms with Gasteiger partial charge < -0.3 is 10.1 Å². The first kappa shape index (κ1) is 17.8. The van der Waals surface area contributed by atoms with Crippen LogP contribution in [0.2, 0.25) is 0 Å². The summed E-state index contributed by atoms with van der Waals surface area (Å²) < 4.78 is 32.5. The van der Waals surface area contributed by atoms with Crippen molar-refractivity contribution >= 4 is 22.3 Å². The summed E-state index contributed by atoms with van der Waals surface area (Å²) in [7, 11) is 0. The minimum atomic E-state index is -0.623. The first-order chi connectivity index (χ1) is 13.1. The van der Waals surface area contributed by atoms with Crippen LogP contribution < -0.4 is 5.32 Å². The lowest BCUT2D eigenvalue weighted by molar-refractivity contribution is 0.0343. The molecule has 0 saturated carbocycles. The van der Waals surface area contributed by atoms with E-state index in [2.05, 4.69) is 28.2 Å². The quantitative estimate of drug-likeness (QED) is 0.740. The first-order valence-corrected chi connectivity index (χ1v) is 9.00. The zero-order valence-electron chi connectivity index (χ0n) is 15.1. The number of rotatable bonds is 4. The molecule has 0 unspecified atom stereocenters. The number of aromatic nitrogens is 1. The Balaban J connectivity index is 1.72.